The Labute approximate surface area is 119 Å². The minimum absolute atomic E-state index is 0.0545. The van der Waals surface area contributed by atoms with Gasteiger partial charge in [0.15, 0.2) is 0 Å². The summed E-state index contributed by atoms with van der Waals surface area (Å²) in [4.78, 5) is 12.2. The number of rotatable bonds is 3. The average Bonchev–Trinajstić information content (AvgIpc) is 2.97. The van der Waals surface area contributed by atoms with Gasteiger partial charge in [-0.05, 0) is 18.2 Å². The summed E-state index contributed by atoms with van der Waals surface area (Å²) < 4.78 is 14.8. The molecule has 0 spiro atoms. The van der Waals surface area contributed by atoms with Crippen LogP contribution in [0, 0.1) is 5.82 Å². The van der Waals surface area contributed by atoms with Crippen molar-refractivity contribution in [1.82, 2.24) is 19.5 Å². The SMILES string of the molecule is Fc1ccc(Nc2cc(-n3ccnc3)ncn2)cc1Cl. The lowest BCUT2D eigenvalue weighted by Crippen LogP contribution is -1.99. The molecule has 3 aromatic rings. The summed E-state index contributed by atoms with van der Waals surface area (Å²) in [6, 6.07) is 6.12. The Morgan fingerprint density at radius 1 is 1.20 bits per heavy atom. The van der Waals surface area contributed by atoms with E-state index in [1.807, 2.05) is 0 Å². The van der Waals surface area contributed by atoms with Crippen molar-refractivity contribution >= 4 is 23.1 Å². The van der Waals surface area contributed by atoms with Gasteiger partial charge in [-0.25, -0.2) is 19.3 Å². The Morgan fingerprint density at radius 3 is 2.85 bits per heavy atom. The number of hydrogen-bond acceptors (Lipinski definition) is 4. The number of hydrogen-bond donors (Lipinski definition) is 1. The summed E-state index contributed by atoms with van der Waals surface area (Å²) in [5.41, 5.74) is 0.645. The van der Waals surface area contributed by atoms with E-state index in [1.54, 1.807) is 35.4 Å². The Kier molecular flexibility index (Phi) is 3.30. The molecule has 0 unspecified atom stereocenters. The molecular formula is C13H9ClFN5. The highest BCUT2D eigenvalue weighted by Crippen LogP contribution is 2.22. The van der Waals surface area contributed by atoms with E-state index in [1.165, 1.54) is 18.5 Å². The Morgan fingerprint density at radius 2 is 2.10 bits per heavy atom. The average molecular weight is 290 g/mol. The highest BCUT2D eigenvalue weighted by Gasteiger charge is 2.04. The van der Waals surface area contributed by atoms with E-state index in [0.717, 1.165) is 0 Å². The Bertz CT molecular complexity index is 729. The molecule has 0 saturated carbocycles. The van der Waals surface area contributed by atoms with Crippen LogP contribution in [-0.2, 0) is 0 Å². The Balaban J connectivity index is 1.87. The number of imidazole rings is 1. The van der Waals surface area contributed by atoms with Crippen LogP contribution in [0.25, 0.3) is 5.82 Å². The predicted molar refractivity (Wildman–Crippen MR) is 73.8 cm³/mol. The van der Waals surface area contributed by atoms with Gasteiger partial charge in [-0.2, -0.15) is 0 Å². The quantitative estimate of drug-likeness (QED) is 0.804. The lowest BCUT2D eigenvalue weighted by molar-refractivity contribution is 0.628. The van der Waals surface area contributed by atoms with Gasteiger partial charge in [0.1, 0.15) is 30.1 Å². The molecule has 0 fully saturated rings. The van der Waals surface area contributed by atoms with E-state index in [-0.39, 0.29) is 5.02 Å². The van der Waals surface area contributed by atoms with Crippen molar-refractivity contribution in [3.05, 3.63) is 60.2 Å². The van der Waals surface area contributed by atoms with Crippen LogP contribution in [0.4, 0.5) is 15.9 Å². The molecular weight excluding hydrogens is 281 g/mol. The third kappa shape index (κ3) is 2.60. The van der Waals surface area contributed by atoms with Crippen molar-refractivity contribution in [1.29, 1.82) is 0 Å². The zero-order chi connectivity index (χ0) is 13.9. The summed E-state index contributed by atoms with van der Waals surface area (Å²) in [7, 11) is 0. The van der Waals surface area contributed by atoms with Gasteiger partial charge >= 0.3 is 0 Å². The van der Waals surface area contributed by atoms with Gasteiger partial charge in [0.05, 0.1) is 5.02 Å². The maximum Gasteiger partial charge on any atom is 0.143 e. The summed E-state index contributed by atoms with van der Waals surface area (Å²) in [6.07, 6.45) is 6.51. The summed E-state index contributed by atoms with van der Waals surface area (Å²) >= 11 is 5.73. The normalized spacial score (nSPS) is 10.5. The van der Waals surface area contributed by atoms with Crippen LogP contribution in [0.1, 0.15) is 0 Å². The molecule has 5 nitrogen and oxygen atoms in total. The van der Waals surface area contributed by atoms with Crippen molar-refractivity contribution in [2.24, 2.45) is 0 Å². The molecule has 0 aliphatic carbocycles. The minimum atomic E-state index is -0.459. The van der Waals surface area contributed by atoms with Crippen molar-refractivity contribution in [2.75, 3.05) is 5.32 Å². The standard InChI is InChI=1S/C13H9ClFN5/c14-10-5-9(1-2-11(10)15)19-12-6-13(18-7-17-12)20-4-3-16-8-20/h1-8H,(H,17,18,19). The second-order valence-corrected chi connectivity index (χ2v) is 4.39. The highest BCUT2D eigenvalue weighted by atomic mass is 35.5. The molecule has 20 heavy (non-hydrogen) atoms. The lowest BCUT2D eigenvalue weighted by atomic mass is 10.3. The van der Waals surface area contributed by atoms with E-state index in [2.05, 4.69) is 20.3 Å². The van der Waals surface area contributed by atoms with Crippen LogP contribution in [0.3, 0.4) is 0 Å². The monoisotopic (exact) mass is 289 g/mol. The van der Waals surface area contributed by atoms with Gasteiger partial charge in [-0.1, -0.05) is 11.6 Å². The first kappa shape index (κ1) is 12.6. The molecule has 3 rings (SSSR count). The number of halogens is 2. The molecule has 0 bridgehead atoms. The van der Waals surface area contributed by atoms with E-state index in [4.69, 9.17) is 11.6 Å². The lowest BCUT2D eigenvalue weighted by Gasteiger charge is -2.07. The van der Waals surface area contributed by atoms with E-state index >= 15 is 0 Å². The molecule has 0 radical (unpaired) electrons. The molecule has 0 aliphatic rings. The number of nitrogens with zero attached hydrogens (tertiary/aromatic N) is 4. The van der Waals surface area contributed by atoms with E-state index in [9.17, 15) is 4.39 Å². The van der Waals surface area contributed by atoms with Crippen LogP contribution in [0.5, 0.6) is 0 Å². The van der Waals surface area contributed by atoms with Crippen molar-refractivity contribution in [3.8, 4) is 5.82 Å². The van der Waals surface area contributed by atoms with Crippen LogP contribution < -0.4 is 5.32 Å². The number of nitrogens with one attached hydrogen (secondary N) is 1. The topological polar surface area (TPSA) is 55.6 Å². The number of anilines is 2. The fourth-order valence-electron chi connectivity index (χ4n) is 1.67. The largest absolute Gasteiger partial charge is 0.340 e. The minimum Gasteiger partial charge on any atom is -0.340 e. The summed E-state index contributed by atoms with van der Waals surface area (Å²) in [5.74, 6) is 0.790. The fraction of sp³-hybridized carbons (Fsp3) is 0. The Hall–Kier alpha value is -2.47. The maximum absolute atomic E-state index is 13.1. The van der Waals surface area contributed by atoms with Crippen LogP contribution in [0.15, 0.2) is 49.3 Å². The van der Waals surface area contributed by atoms with Gasteiger partial charge in [0, 0.05) is 24.1 Å². The van der Waals surface area contributed by atoms with Gasteiger partial charge < -0.3 is 5.32 Å². The molecule has 1 aromatic carbocycles. The second-order valence-electron chi connectivity index (χ2n) is 3.99. The first-order valence-electron chi connectivity index (χ1n) is 5.75. The fourth-order valence-corrected chi connectivity index (χ4v) is 1.85. The van der Waals surface area contributed by atoms with Gasteiger partial charge in [-0.3, -0.25) is 4.57 Å². The van der Waals surface area contributed by atoms with Crippen LogP contribution in [0.2, 0.25) is 5.02 Å². The first-order valence-corrected chi connectivity index (χ1v) is 6.12. The number of benzene rings is 1. The second kappa shape index (κ2) is 5.26. The first-order chi connectivity index (χ1) is 9.72. The molecule has 2 heterocycles. The third-order valence-corrected chi connectivity index (χ3v) is 2.90. The molecule has 7 heteroatoms. The van der Waals surface area contributed by atoms with Crippen molar-refractivity contribution in [3.63, 3.8) is 0 Å². The highest BCUT2D eigenvalue weighted by molar-refractivity contribution is 6.31. The van der Waals surface area contributed by atoms with Gasteiger partial charge in [-0.15, -0.1) is 0 Å². The maximum atomic E-state index is 13.1. The van der Waals surface area contributed by atoms with Crippen molar-refractivity contribution < 1.29 is 4.39 Å². The molecule has 0 atom stereocenters. The van der Waals surface area contributed by atoms with Gasteiger partial charge in [0.25, 0.3) is 0 Å². The molecule has 0 saturated heterocycles. The number of aromatic nitrogens is 4. The third-order valence-electron chi connectivity index (χ3n) is 2.61. The zero-order valence-electron chi connectivity index (χ0n) is 10.2. The van der Waals surface area contributed by atoms with E-state index in [0.29, 0.717) is 17.3 Å². The van der Waals surface area contributed by atoms with Crippen LogP contribution >= 0.6 is 11.6 Å². The molecule has 0 amide bonds. The molecule has 100 valence electrons. The molecule has 0 aliphatic heterocycles. The summed E-state index contributed by atoms with van der Waals surface area (Å²) in [6.45, 7) is 0. The predicted octanol–water partition coefficient (Wildman–Crippen LogP) is 3.20. The zero-order valence-corrected chi connectivity index (χ0v) is 10.9. The van der Waals surface area contributed by atoms with E-state index < -0.39 is 5.82 Å². The smallest absolute Gasteiger partial charge is 0.143 e. The molecule has 1 N–H and O–H groups in total. The van der Waals surface area contributed by atoms with Crippen LogP contribution in [-0.4, -0.2) is 19.5 Å². The van der Waals surface area contributed by atoms with Crippen molar-refractivity contribution in [2.45, 2.75) is 0 Å². The summed E-state index contributed by atoms with van der Waals surface area (Å²) in [5, 5.41) is 3.09. The molecule has 2 aromatic heterocycles. The van der Waals surface area contributed by atoms with Gasteiger partial charge in [0.2, 0.25) is 0 Å².